The van der Waals surface area contributed by atoms with Crippen LogP contribution in [0, 0.1) is 0 Å². The molecule has 10 nitrogen and oxygen atoms in total. The van der Waals surface area contributed by atoms with E-state index in [1.165, 1.54) is 6.92 Å². The van der Waals surface area contributed by atoms with Crippen molar-refractivity contribution in [2.45, 2.75) is 68.3 Å². The number of rotatable bonds is 10. The van der Waals surface area contributed by atoms with E-state index in [2.05, 4.69) is 0 Å². The first-order valence-electron chi connectivity index (χ1n) is 9.70. The Morgan fingerprint density at radius 1 is 1.30 bits per heavy atom. The Hall–Kier alpha value is -2.08. The number of hydrogen-bond acceptors (Lipinski definition) is 9. The highest BCUT2D eigenvalue weighted by Crippen LogP contribution is 2.35. The lowest BCUT2D eigenvalue weighted by Gasteiger charge is -2.34. The standard InChI is InChI=1S/C20H30N2O8/c1-19(16(25)15(24)13(10-23)30-19)14(21)8-5-9-20(22,17(26)27)18(28)29-11-12-6-3-2-4-7-12/h2-4,6-7,13-16,23-25H,5,8-11,21-22H2,1H3,(H,26,27)/t13-,14?,15-,16+,19?,20?/m1/s1. The molecule has 8 N–H and O–H groups in total. The van der Waals surface area contributed by atoms with Crippen LogP contribution in [0.5, 0.6) is 0 Å². The number of ether oxygens (including phenoxy) is 2. The molecule has 10 heteroatoms. The molecule has 0 aliphatic carbocycles. The summed E-state index contributed by atoms with van der Waals surface area (Å²) in [6, 6.07) is 7.97. The van der Waals surface area contributed by atoms with Crippen molar-refractivity contribution in [3.63, 3.8) is 0 Å². The number of nitrogens with two attached hydrogens (primary N) is 2. The number of aliphatic hydroxyl groups excluding tert-OH is 3. The topological polar surface area (TPSA) is 186 Å². The molecule has 0 amide bonds. The summed E-state index contributed by atoms with van der Waals surface area (Å²) >= 11 is 0. The molecule has 0 bridgehead atoms. The van der Waals surface area contributed by atoms with Gasteiger partial charge in [-0.1, -0.05) is 30.3 Å². The molecule has 1 aromatic carbocycles. The fraction of sp³-hybridized carbons (Fsp3) is 0.600. The van der Waals surface area contributed by atoms with Gasteiger partial charge in [0.1, 0.15) is 30.5 Å². The van der Waals surface area contributed by atoms with Crippen molar-refractivity contribution >= 4 is 11.9 Å². The predicted molar refractivity (Wildman–Crippen MR) is 105 cm³/mol. The van der Waals surface area contributed by atoms with E-state index in [9.17, 15) is 30.0 Å². The molecule has 30 heavy (non-hydrogen) atoms. The molecule has 1 fully saturated rings. The van der Waals surface area contributed by atoms with E-state index in [1.54, 1.807) is 30.3 Å². The minimum Gasteiger partial charge on any atom is -0.479 e. The lowest BCUT2D eigenvalue weighted by Crippen LogP contribution is -2.56. The van der Waals surface area contributed by atoms with Crippen LogP contribution in [0.4, 0.5) is 0 Å². The second-order valence-corrected chi connectivity index (χ2v) is 7.80. The molecule has 1 aromatic rings. The Morgan fingerprint density at radius 3 is 2.47 bits per heavy atom. The van der Waals surface area contributed by atoms with Gasteiger partial charge in [0.2, 0.25) is 5.54 Å². The number of aliphatic hydroxyl groups is 3. The number of carbonyl (C=O) groups is 2. The Kier molecular flexibility index (Phi) is 7.92. The van der Waals surface area contributed by atoms with Gasteiger partial charge in [-0.25, -0.2) is 9.59 Å². The van der Waals surface area contributed by atoms with Crippen LogP contribution in [0.25, 0.3) is 0 Å². The third-order valence-electron chi connectivity index (χ3n) is 5.66. The highest BCUT2D eigenvalue weighted by Gasteiger charge is 2.54. The summed E-state index contributed by atoms with van der Waals surface area (Å²) in [6.07, 6.45) is -3.58. The highest BCUT2D eigenvalue weighted by atomic mass is 16.6. The summed E-state index contributed by atoms with van der Waals surface area (Å²) in [5.74, 6) is -2.58. The first-order chi connectivity index (χ1) is 14.1. The van der Waals surface area contributed by atoms with Gasteiger partial charge in [-0.2, -0.15) is 0 Å². The molecule has 1 saturated heterocycles. The normalized spacial score (nSPS) is 29.2. The number of hydrogen-bond donors (Lipinski definition) is 6. The molecule has 3 unspecified atom stereocenters. The van der Waals surface area contributed by atoms with Crippen molar-refractivity contribution in [1.82, 2.24) is 0 Å². The largest absolute Gasteiger partial charge is 0.479 e. The van der Waals surface area contributed by atoms with Crippen molar-refractivity contribution in [1.29, 1.82) is 0 Å². The van der Waals surface area contributed by atoms with Crippen LogP contribution in [-0.2, 0) is 25.7 Å². The molecule has 2 rings (SSSR count). The van der Waals surface area contributed by atoms with Crippen molar-refractivity contribution in [3.05, 3.63) is 35.9 Å². The van der Waals surface area contributed by atoms with Gasteiger partial charge in [0.15, 0.2) is 0 Å². The molecule has 0 saturated carbocycles. The molecular formula is C20H30N2O8. The molecule has 168 valence electrons. The molecule has 1 heterocycles. The maximum absolute atomic E-state index is 12.4. The summed E-state index contributed by atoms with van der Waals surface area (Å²) < 4.78 is 10.6. The van der Waals surface area contributed by atoms with Gasteiger partial charge in [0, 0.05) is 6.04 Å². The average molecular weight is 426 g/mol. The van der Waals surface area contributed by atoms with Gasteiger partial charge < -0.3 is 41.4 Å². The van der Waals surface area contributed by atoms with E-state index >= 15 is 0 Å². The fourth-order valence-electron chi connectivity index (χ4n) is 3.50. The number of aliphatic carboxylic acids is 1. The second-order valence-electron chi connectivity index (χ2n) is 7.80. The van der Waals surface area contributed by atoms with E-state index in [4.69, 9.17) is 20.9 Å². The van der Waals surface area contributed by atoms with Gasteiger partial charge >= 0.3 is 11.9 Å². The Labute approximate surface area is 174 Å². The first-order valence-corrected chi connectivity index (χ1v) is 9.70. The van der Waals surface area contributed by atoms with Crippen LogP contribution in [0.3, 0.4) is 0 Å². The second kappa shape index (κ2) is 9.82. The SMILES string of the molecule is CC1(C(N)CCCC(N)(C(=O)O)C(=O)OCc2ccccc2)O[C@H](CO)[C@@H](O)[C@@H]1O. The van der Waals surface area contributed by atoms with E-state index < -0.39 is 54.0 Å². The van der Waals surface area contributed by atoms with Crippen molar-refractivity contribution in [2.75, 3.05) is 6.61 Å². The van der Waals surface area contributed by atoms with Crippen LogP contribution in [0.2, 0.25) is 0 Å². The molecule has 0 radical (unpaired) electrons. The maximum atomic E-state index is 12.4. The number of esters is 1. The zero-order valence-electron chi connectivity index (χ0n) is 16.8. The van der Waals surface area contributed by atoms with Crippen molar-refractivity contribution in [3.8, 4) is 0 Å². The van der Waals surface area contributed by atoms with E-state index in [0.29, 0.717) is 5.56 Å². The molecule has 1 aliphatic rings. The van der Waals surface area contributed by atoms with Crippen LogP contribution in [0.15, 0.2) is 30.3 Å². The molecule has 0 aromatic heterocycles. The van der Waals surface area contributed by atoms with Crippen molar-refractivity contribution in [2.24, 2.45) is 11.5 Å². The summed E-state index contributed by atoms with van der Waals surface area (Å²) in [7, 11) is 0. The Balaban J connectivity index is 1.95. The van der Waals surface area contributed by atoms with Gasteiger partial charge in [-0.05, 0) is 31.7 Å². The summed E-state index contributed by atoms with van der Waals surface area (Å²) in [4.78, 5) is 24.0. The predicted octanol–water partition coefficient (Wildman–Crippen LogP) is -1.12. The van der Waals surface area contributed by atoms with Crippen LogP contribution in [-0.4, -0.2) is 74.5 Å². The lowest BCUT2D eigenvalue weighted by atomic mass is 9.84. The van der Waals surface area contributed by atoms with E-state index in [1.807, 2.05) is 0 Å². The third-order valence-corrected chi connectivity index (χ3v) is 5.66. The van der Waals surface area contributed by atoms with Gasteiger partial charge in [0.05, 0.1) is 6.61 Å². The highest BCUT2D eigenvalue weighted by molar-refractivity contribution is 6.03. The molecule has 1 aliphatic heterocycles. The Morgan fingerprint density at radius 2 is 1.93 bits per heavy atom. The maximum Gasteiger partial charge on any atom is 0.338 e. The fourth-order valence-corrected chi connectivity index (χ4v) is 3.50. The van der Waals surface area contributed by atoms with Crippen LogP contribution >= 0.6 is 0 Å². The lowest BCUT2D eigenvalue weighted by molar-refractivity contribution is -0.162. The minimum absolute atomic E-state index is 0.107. The third kappa shape index (κ3) is 4.97. The average Bonchev–Trinajstić information content (AvgIpc) is 2.96. The van der Waals surface area contributed by atoms with Crippen LogP contribution < -0.4 is 11.5 Å². The first kappa shape index (κ1) is 24.2. The van der Waals surface area contributed by atoms with E-state index in [-0.39, 0.29) is 25.9 Å². The molecular weight excluding hydrogens is 396 g/mol. The minimum atomic E-state index is -2.25. The smallest absolute Gasteiger partial charge is 0.338 e. The van der Waals surface area contributed by atoms with E-state index in [0.717, 1.165) is 0 Å². The molecule has 0 spiro atoms. The van der Waals surface area contributed by atoms with Gasteiger partial charge in [-0.15, -0.1) is 0 Å². The monoisotopic (exact) mass is 426 g/mol. The van der Waals surface area contributed by atoms with Gasteiger partial charge in [0.25, 0.3) is 0 Å². The van der Waals surface area contributed by atoms with Crippen LogP contribution in [0.1, 0.15) is 31.7 Å². The summed E-state index contributed by atoms with van der Waals surface area (Å²) in [5.41, 5.74) is 9.06. The number of carbonyl (C=O) groups excluding carboxylic acids is 1. The zero-order valence-corrected chi connectivity index (χ0v) is 16.8. The Bertz CT molecular complexity index is 733. The number of carboxylic acid groups (broad SMARTS) is 1. The van der Waals surface area contributed by atoms with Crippen molar-refractivity contribution < 1.29 is 39.5 Å². The quantitative estimate of drug-likeness (QED) is 0.198. The van der Waals surface area contributed by atoms with Gasteiger partial charge in [-0.3, -0.25) is 0 Å². The summed E-state index contributed by atoms with van der Waals surface area (Å²) in [6.45, 7) is 0.908. The number of carboxylic acids is 1. The zero-order chi connectivity index (χ0) is 22.5. The number of benzene rings is 1. The molecule has 6 atom stereocenters. The summed E-state index contributed by atoms with van der Waals surface area (Å²) in [5, 5.41) is 38.9.